The Morgan fingerprint density at radius 2 is 1.74 bits per heavy atom. The van der Waals surface area contributed by atoms with Gasteiger partial charge in [-0.15, -0.1) is 0 Å². The smallest absolute Gasteiger partial charge is 0.131 e. The van der Waals surface area contributed by atoms with E-state index in [9.17, 15) is 0 Å². The molecular formula is C18H26N4O. The van der Waals surface area contributed by atoms with Crippen molar-refractivity contribution < 1.29 is 4.74 Å². The number of nitrogens with one attached hydrogen (secondary N) is 2. The van der Waals surface area contributed by atoms with Crippen LogP contribution in [0.1, 0.15) is 31.7 Å². The van der Waals surface area contributed by atoms with E-state index in [2.05, 4.69) is 33.6 Å². The van der Waals surface area contributed by atoms with Gasteiger partial charge in [0.1, 0.15) is 23.7 Å². The summed E-state index contributed by atoms with van der Waals surface area (Å²) in [5.41, 5.74) is 1.19. The van der Waals surface area contributed by atoms with Crippen LogP contribution in [-0.2, 0) is 6.42 Å². The van der Waals surface area contributed by atoms with Crippen molar-refractivity contribution in [3.05, 3.63) is 42.2 Å². The Morgan fingerprint density at radius 1 is 1.00 bits per heavy atom. The molecule has 0 unspecified atom stereocenters. The molecule has 0 fully saturated rings. The van der Waals surface area contributed by atoms with Crippen LogP contribution in [0.15, 0.2) is 36.7 Å². The van der Waals surface area contributed by atoms with E-state index in [-0.39, 0.29) is 0 Å². The molecule has 0 radical (unpaired) electrons. The largest absolute Gasteiger partial charge is 0.496 e. The SMILES string of the molecule is CCCCCNc1cc(NCCc2ccccc2OC)ncn1. The lowest BCUT2D eigenvalue weighted by Gasteiger charge is -2.10. The number of hydrogen-bond donors (Lipinski definition) is 2. The Labute approximate surface area is 138 Å². The molecule has 2 N–H and O–H groups in total. The summed E-state index contributed by atoms with van der Waals surface area (Å²) in [4.78, 5) is 8.51. The summed E-state index contributed by atoms with van der Waals surface area (Å²) in [6.45, 7) is 3.95. The van der Waals surface area contributed by atoms with E-state index in [0.29, 0.717) is 0 Å². The molecule has 1 heterocycles. The topological polar surface area (TPSA) is 59.1 Å². The van der Waals surface area contributed by atoms with Crippen LogP contribution in [0, 0.1) is 0 Å². The van der Waals surface area contributed by atoms with E-state index in [1.165, 1.54) is 18.4 Å². The number of para-hydroxylation sites is 1. The van der Waals surface area contributed by atoms with Crippen LogP contribution < -0.4 is 15.4 Å². The first-order valence-corrected chi connectivity index (χ1v) is 8.25. The first kappa shape index (κ1) is 17.1. The Kier molecular flexibility index (Phi) is 7.17. The van der Waals surface area contributed by atoms with Gasteiger partial charge in [-0.3, -0.25) is 0 Å². The number of rotatable bonds is 10. The van der Waals surface area contributed by atoms with Gasteiger partial charge >= 0.3 is 0 Å². The normalized spacial score (nSPS) is 10.3. The van der Waals surface area contributed by atoms with Gasteiger partial charge in [-0.05, 0) is 24.5 Å². The molecule has 0 saturated heterocycles. The van der Waals surface area contributed by atoms with E-state index in [1.54, 1.807) is 13.4 Å². The highest BCUT2D eigenvalue weighted by Crippen LogP contribution is 2.18. The van der Waals surface area contributed by atoms with E-state index < -0.39 is 0 Å². The first-order valence-electron chi connectivity index (χ1n) is 8.25. The fourth-order valence-electron chi connectivity index (χ4n) is 2.38. The molecule has 1 aromatic carbocycles. The highest BCUT2D eigenvalue weighted by atomic mass is 16.5. The van der Waals surface area contributed by atoms with Crippen molar-refractivity contribution in [3.63, 3.8) is 0 Å². The molecule has 5 nitrogen and oxygen atoms in total. The van der Waals surface area contributed by atoms with E-state index in [0.717, 1.165) is 43.3 Å². The third-order valence-corrected chi connectivity index (χ3v) is 3.65. The van der Waals surface area contributed by atoms with Crippen molar-refractivity contribution in [2.75, 3.05) is 30.8 Å². The number of aromatic nitrogens is 2. The zero-order valence-electron chi connectivity index (χ0n) is 14.0. The molecule has 1 aromatic heterocycles. The lowest BCUT2D eigenvalue weighted by molar-refractivity contribution is 0.410. The Bertz CT molecular complexity index is 589. The van der Waals surface area contributed by atoms with Crippen LogP contribution in [0.4, 0.5) is 11.6 Å². The number of nitrogens with zero attached hydrogens (tertiary/aromatic N) is 2. The molecule has 2 aromatic rings. The summed E-state index contributed by atoms with van der Waals surface area (Å²) in [6.07, 6.45) is 6.10. The highest BCUT2D eigenvalue weighted by molar-refractivity contribution is 5.46. The molecule has 0 bridgehead atoms. The van der Waals surface area contributed by atoms with Crippen molar-refractivity contribution in [2.24, 2.45) is 0 Å². The molecule has 0 aliphatic rings. The van der Waals surface area contributed by atoms with Gasteiger partial charge in [0.05, 0.1) is 7.11 Å². The van der Waals surface area contributed by atoms with Crippen molar-refractivity contribution >= 4 is 11.6 Å². The third kappa shape index (κ3) is 5.77. The van der Waals surface area contributed by atoms with Gasteiger partial charge in [-0.1, -0.05) is 38.0 Å². The molecule has 0 saturated carbocycles. The summed E-state index contributed by atoms with van der Waals surface area (Å²) >= 11 is 0. The summed E-state index contributed by atoms with van der Waals surface area (Å²) in [5, 5.41) is 6.67. The number of unbranched alkanes of at least 4 members (excludes halogenated alkanes) is 2. The molecule has 23 heavy (non-hydrogen) atoms. The van der Waals surface area contributed by atoms with Gasteiger partial charge in [0.2, 0.25) is 0 Å². The summed E-state index contributed by atoms with van der Waals surface area (Å²) in [5.74, 6) is 2.64. The van der Waals surface area contributed by atoms with Crippen LogP contribution in [0.2, 0.25) is 0 Å². The van der Waals surface area contributed by atoms with Crippen LogP contribution in [0.3, 0.4) is 0 Å². The molecule has 0 spiro atoms. The summed E-state index contributed by atoms with van der Waals surface area (Å²) in [7, 11) is 1.70. The van der Waals surface area contributed by atoms with Gasteiger partial charge < -0.3 is 15.4 Å². The average molecular weight is 314 g/mol. The number of benzene rings is 1. The lowest BCUT2D eigenvalue weighted by atomic mass is 10.1. The predicted molar refractivity (Wildman–Crippen MR) is 95.2 cm³/mol. The highest BCUT2D eigenvalue weighted by Gasteiger charge is 2.02. The van der Waals surface area contributed by atoms with Crippen molar-refractivity contribution in [3.8, 4) is 5.75 Å². The first-order chi connectivity index (χ1) is 11.3. The van der Waals surface area contributed by atoms with Crippen LogP contribution in [0.5, 0.6) is 5.75 Å². The molecular weight excluding hydrogens is 288 g/mol. The molecule has 5 heteroatoms. The van der Waals surface area contributed by atoms with Gasteiger partial charge in [-0.2, -0.15) is 0 Å². The number of ether oxygens (including phenoxy) is 1. The van der Waals surface area contributed by atoms with Crippen molar-refractivity contribution in [1.29, 1.82) is 0 Å². The minimum absolute atomic E-state index is 0.798. The molecule has 0 aliphatic heterocycles. The second-order valence-corrected chi connectivity index (χ2v) is 5.41. The van der Waals surface area contributed by atoms with Gasteiger partial charge in [0, 0.05) is 19.2 Å². The van der Waals surface area contributed by atoms with Crippen LogP contribution in [-0.4, -0.2) is 30.2 Å². The second-order valence-electron chi connectivity index (χ2n) is 5.41. The molecule has 0 aliphatic carbocycles. The van der Waals surface area contributed by atoms with Crippen molar-refractivity contribution in [2.45, 2.75) is 32.6 Å². The molecule has 0 amide bonds. The maximum atomic E-state index is 5.37. The minimum atomic E-state index is 0.798. The monoisotopic (exact) mass is 314 g/mol. The number of anilines is 2. The fraction of sp³-hybridized carbons (Fsp3) is 0.444. The second kappa shape index (κ2) is 9.66. The maximum absolute atomic E-state index is 5.37. The Balaban J connectivity index is 1.81. The standard InChI is InChI=1S/C18H26N4O/c1-3-4-7-11-19-17-13-18(22-14-21-17)20-12-10-15-8-5-6-9-16(15)23-2/h5-6,8-9,13-14H,3-4,7,10-12H2,1-2H3,(H2,19,20,21,22). The van der Waals surface area contributed by atoms with Crippen LogP contribution >= 0.6 is 0 Å². The third-order valence-electron chi connectivity index (χ3n) is 3.65. The zero-order chi connectivity index (χ0) is 16.3. The summed E-state index contributed by atoms with van der Waals surface area (Å²) in [6, 6.07) is 10.0. The van der Waals surface area contributed by atoms with Crippen LogP contribution in [0.25, 0.3) is 0 Å². The Hall–Kier alpha value is -2.30. The number of hydrogen-bond acceptors (Lipinski definition) is 5. The van der Waals surface area contributed by atoms with E-state index >= 15 is 0 Å². The number of methoxy groups -OCH3 is 1. The maximum Gasteiger partial charge on any atom is 0.131 e. The van der Waals surface area contributed by atoms with Gasteiger partial charge in [0.25, 0.3) is 0 Å². The zero-order valence-corrected chi connectivity index (χ0v) is 14.0. The molecule has 2 rings (SSSR count). The van der Waals surface area contributed by atoms with E-state index in [1.807, 2.05) is 24.3 Å². The minimum Gasteiger partial charge on any atom is -0.496 e. The molecule has 0 atom stereocenters. The van der Waals surface area contributed by atoms with Gasteiger partial charge in [0.15, 0.2) is 0 Å². The summed E-state index contributed by atoms with van der Waals surface area (Å²) < 4.78 is 5.37. The lowest BCUT2D eigenvalue weighted by Crippen LogP contribution is -2.09. The fourth-order valence-corrected chi connectivity index (χ4v) is 2.38. The predicted octanol–water partition coefficient (Wildman–Crippen LogP) is 3.74. The quantitative estimate of drug-likeness (QED) is 0.654. The van der Waals surface area contributed by atoms with Crippen molar-refractivity contribution in [1.82, 2.24) is 9.97 Å². The van der Waals surface area contributed by atoms with E-state index in [4.69, 9.17) is 4.74 Å². The average Bonchev–Trinajstić information content (AvgIpc) is 2.60. The Morgan fingerprint density at radius 3 is 2.48 bits per heavy atom. The molecule has 124 valence electrons. The van der Waals surface area contributed by atoms with Gasteiger partial charge in [-0.25, -0.2) is 9.97 Å².